The predicted octanol–water partition coefficient (Wildman–Crippen LogP) is 4.00. The fourth-order valence-corrected chi connectivity index (χ4v) is 2.38. The molecule has 1 aromatic heterocycles. The minimum atomic E-state index is 0.376. The van der Waals surface area contributed by atoms with Crippen molar-refractivity contribution in [2.45, 2.75) is 13.5 Å². The first-order valence-corrected chi connectivity index (χ1v) is 7.38. The molecule has 0 N–H and O–H groups in total. The van der Waals surface area contributed by atoms with Gasteiger partial charge < -0.3 is 4.90 Å². The summed E-state index contributed by atoms with van der Waals surface area (Å²) in [5.41, 5.74) is 3.30. The average Bonchev–Trinajstić information content (AvgIpc) is 2.60. The van der Waals surface area contributed by atoms with Crippen molar-refractivity contribution < 1.29 is 0 Å². The Morgan fingerprint density at radius 3 is 2.26 bits per heavy atom. The molecule has 0 aliphatic carbocycles. The zero-order valence-electron chi connectivity index (χ0n) is 12.8. The van der Waals surface area contributed by atoms with Crippen LogP contribution in [0, 0.1) is 18.3 Å². The zero-order chi connectivity index (χ0) is 16.1. The Morgan fingerprint density at radius 1 is 0.957 bits per heavy atom. The minimum Gasteiger partial charge on any atom is -0.306 e. The molecule has 0 spiro atoms. The summed E-state index contributed by atoms with van der Waals surface area (Å²) in [6.07, 6.45) is 0. The molecule has 0 radical (unpaired) electrons. The van der Waals surface area contributed by atoms with E-state index in [-0.39, 0.29) is 0 Å². The molecule has 0 saturated heterocycles. The molecule has 4 nitrogen and oxygen atoms in total. The van der Waals surface area contributed by atoms with E-state index in [9.17, 15) is 0 Å². The quantitative estimate of drug-likeness (QED) is 0.731. The van der Waals surface area contributed by atoms with Crippen LogP contribution in [0.5, 0.6) is 0 Å². The van der Waals surface area contributed by atoms with Crippen LogP contribution in [0.1, 0.15) is 17.0 Å². The highest BCUT2D eigenvalue weighted by Crippen LogP contribution is 2.24. The third-order valence-corrected chi connectivity index (χ3v) is 3.45. The zero-order valence-corrected chi connectivity index (χ0v) is 12.8. The van der Waals surface area contributed by atoms with Gasteiger partial charge in [-0.25, -0.2) is 9.97 Å². The average molecular weight is 300 g/mol. The van der Waals surface area contributed by atoms with E-state index in [1.807, 2.05) is 60.4 Å². The standard InChI is InChI=1S/C19H16N4/c1-15-12-17(13-20)22-19(21-15)23(18-10-6-3-7-11-18)14-16-8-4-2-5-9-16/h2-12H,14H2,1H3. The van der Waals surface area contributed by atoms with Gasteiger partial charge >= 0.3 is 0 Å². The highest BCUT2D eigenvalue weighted by molar-refractivity contribution is 5.58. The first kappa shape index (κ1) is 14.7. The van der Waals surface area contributed by atoms with Crippen LogP contribution < -0.4 is 4.90 Å². The molecule has 1 heterocycles. The summed E-state index contributed by atoms with van der Waals surface area (Å²) in [7, 11) is 0. The van der Waals surface area contributed by atoms with Gasteiger partial charge in [0.25, 0.3) is 0 Å². The smallest absolute Gasteiger partial charge is 0.231 e. The SMILES string of the molecule is Cc1cc(C#N)nc(N(Cc2ccccc2)c2ccccc2)n1. The van der Waals surface area contributed by atoms with E-state index in [1.54, 1.807) is 6.07 Å². The molecule has 0 bridgehead atoms. The molecule has 0 atom stereocenters. The van der Waals surface area contributed by atoms with Crippen LogP contribution in [0.3, 0.4) is 0 Å². The summed E-state index contributed by atoms with van der Waals surface area (Å²) in [6.45, 7) is 2.51. The Bertz CT molecular complexity index is 823. The van der Waals surface area contributed by atoms with Crippen LogP contribution in [0.25, 0.3) is 0 Å². The second-order valence-corrected chi connectivity index (χ2v) is 5.21. The normalized spacial score (nSPS) is 10.1. The molecule has 3 aromatic rings. The Kier molecular flexibility index (Phi) is 4.30. The number of nitriles is 1. The van der Waals surface area contributed by atoms with Crippen LogP contribution in [0.15, 0.2) is 66.7 Å². The van der Waals surface area contributed by atoms with E-state index in [1.165, 1.54) is 0 Å². The Balaban J connectivity index is 2.05. The molecule has 3 rings (SSSR count). The Hall–Kier alpha value is -3.19. The lowest BCUT2D eigenvalue weighted by molar-refractivity contribution is 0.898. The van der Waals surface area contributed by atoms with Gasteiger partial charge in [0.15, 0.2) is 0 Å². The molecular formula is C19H16N4. The largest absolute Gasteiger partial charge is 0.306 e. The first-order chi connectivity index (χ1) is 11.3. The van der Waals surface area contributed by atoms with E-state index in [0.717, 1.165) is 16.9 Å². The van der Waals surface area contributed by atoms with Crippen molar-refractivity contribution in [3.05, 3.63) is 83.7 Å². The highest BCUT2D eigenvalue weighted by atomic mass is 15.3. The summed E-state index contributed by atoms with van der Waals surface area (Å²) in [6, 6.07) is 23.9. The molecule has 0 aliphatic rings. The van der Waals surface area contributed by atoms with Gasteiger partial charge in [0.1, 0.15) is 11.8 Å². The van der Waals surface area contributed by atoms with Crippen molar-refractivity contribution in [1.29, 1.82) is 5.26 Å². The second-order valence-electron chi connectivity index (χ2n) is 5.21. The van der Waals surface area contributed by atoms with Gasteiger partial charge in [-0.05, 0) is 30.7 Å². The molecule has 0 unspecified atom stereocenters. The minimum absolute atomic E-state index is 0.376. The van der Waals surface area contributed by atoms with E-state index in [4.69, 9.17) is 5.26 Å². The van der Waals surface area contributed by atoms with Gasteiger partial charge in [-0.3, -0.25) is 0 Å². The number of aryl methyl sites for hydroxylation is 1. The number of nitrogens with zero attached hydrogens (tertiary/aromatic N) is 4. The number of aromatic nitrogens is 2. The van der Waals surface area contributed by atoms with Crippen molar-refractivity contribution >= 4 is 11.6 Å². The molecule has 4 heteroatoms. The molecule has 0 aliphatic heterocycles. The van der Waals surface area contributed by atoms with Crippen molar-refractivity contribution in [3.8, 4) is 6.07 Å². The van der Waals surface area contributed by atoms with Crippen LogP contribution >= 0.6 is 0 Å². The van der Waals surface area contributed by atoms with E-state index < -0.39 is 0 Å². The van der Waals surface area contributed by atoms with Gasteiger partial charge in [0.05, 0.1) is 6.54 Å². The van der Waals surface area contributed by atoms with Crippen LogP contribution in [0.2, 0.25) is 0 Å². The van der Waals surface area contributed by atoms with E-state index >= 15 is 0 Å². The van der Waals surface area contributed by atoms with Crippen LogP contribution in [-0.4, -0.2) is 9.97 Å². The van der Waals surface area contributed by atoms with Crippen molar-refractivity contribution in [1.82, 2.24) is 9.97 Å². The van der Waals surface area contributed by atoms with E-state index in [0.29, 0.717) is 18.2 Å². The Morgan fingerprint density at radius 2 is 1.61 bits per heavy atom. The van der Waals surface area contributed by atoms with Crippen LogP contribution in [0.4, 0.5) is 11.6 Å². The summed E-state index contributed by atoms with van der Waals surface area (Å²) in [5, 5.41) is 9.17. The number of para-hydroxylation sites is 1. The lowest BCUT2D eigenvalue weighted by Crippen LogP contribution is -2.19. The summed E-state index contributed by atoms with van der Waals surface area (Å²) < 4.78 is 0. The maximum Gasteiger partial charge on any atom is 0.231 e. The summed E-state index contributed by atoms with van der Waals surface area (Å²) in [4.78, 5) is 10.9. The van der Waals surface area contributed by atoms with Gasteiger partial charge in [-0.15, -0.1) is 0 Å². The number of hydrogen-bond acceptors (Lipinski definition) is 4. The van der Waals surface area contributed by atoms with Crippen molar-refractivity contribution in [2.75, 3.05) is 4.90 Å². The molecule has 0 saturated carbocycles. The molecule has 112 valence electrons. The predicted molar refractivity (Wildman–Crippen MR) is 90.2 cm³/mol. The molecule has 0 amide bonds. The van der Waals surface area contributed by atoms with Gasteiger partial charge in [-0.2, -0.15) is 5.26 Å². The summed E-state index contributed by atoms with van der Waals surface area (Å²) in [5.74, 6) is 0.539. The fraction of sp³-hybridized carbons (Fsp3) is 0.105. The maximum absolute atomic E-state index is 9.17. The molecule has 2 aromatic carbocycles. The number of rotatable bonds is 4. The lowest BCUT2D eigenvalue weighted by Gasteiger charge is -2.23. The maximum atomic E-state index is 9.17. The van der Waals surface area contributed by atoms with Gasteiger partial charge in [0, 0.05) is 11.4 Å². The molecule has 23 heavy (non-hydrogen) atoms. The third-order valence-electron chi connectivity index (χ3n) is 3.45. The number of benzene rings is 2. The second kappa shape index (κ2) is 6.71. The van der Waals surface area contributed by atoms with Crippen molar-refractivity contribution in [2.24, 2.45) is 0 Å². The monoisotopic (exact) mass is 300 g/mol. The summed E-state index contributed by atoms with van der Waals surface area (Å²) >= 11 is 0. The number of anilines is 2. The Labute approximate surface area is 135 Å². The van der Waals surface area contributed by atoms with Gasteiger partial charge in [-0.1, -0.05) is 48.5 Å². The molecular weight excluding hydrogens is 284 g/mol. The van der Waals surface area contributed by atoms with E-state index in [2.05, 4.69) is 28.2 Å². The first-order valence-electron chi connectivity index (χ1n) is 7.38. The fourth-order valence-electron chi connectivity index (χ4n) is 2.38. The van der Waals surface area contributed by atoms with Crippen LogP contribution in [-0.2, 0) is 6.54 Å². The van der Waals surface area contributed by atoms with Crippen molar-refractivity contribution in [3.63, 3.8) is 0 Å². The highest BCUT2D eigenvalue weighted by Gasteiger charge is 2.14. The van der Waals surface area contributed by atoms with Gasteiger partial charge in [0.2, 0.25) is 5.95 Å². The third kappa shape index (κ3) is 3.53. The number of hydrogen-bond donors (Lipinski definition) is 0. The molecule has 0 fully saturated rings. The topological polar surface area (TPSA) is 52.8 Å². The lowest BCUT2D eigenvalue weighted by atomic mass is 10.2.